The number of carbonyl (C=O) groups excluding carboxylic acids is 2. The fraction of sp³-hybridized carbons (Fsp3) is 0.857. The predicted molar refractivity (Wildman–Crippen MR) is 71.8 cm³/mol. The van der Waals surface area contributed by atoms with Crippen LogP contribution >= 0.6 is 0 Å². The van der Waals surface area contributed by atoms with Crippen molar-refractivity contribution in [3.8, 4) is 0 Å². The van der Waals surface area contributed by atoms with Crippen LogP contribution in [0.2, 0.25) is 0 Å². The Morgan fingerprint density at radius 3 is 2.00 bits per heavy atom. The molecule has 5 nitrogen and oxygen atoms in total. The molecule has 0 fully saturated rings. The van der Waals surface area contributed by atoms with Crippen molar-refractivity contribution >= 4 is 12.1 Å². The average molecular weight is 274 g/mol. The van der Waals surface area contributed by atoms with Gasteiger partial charge in [0, 0.05) is 0 Å². The van der Waals surface area contributed by atoms with Gasteiger partial charge in [0.05, 0.1) is 19.1 Å². The van der Waals surface area contributed by atoms with Crippen LogP contribution in [-0.4, -0.2) is 31.4 Å². The number of hydrogen-bond donors (Lipinski definition) is 0. The Kier molecular flexibility index (Phi) is 9.00. The van der Waals surface area contributed by atoms with Gasteiger partial charge in [-0.05, 0) is 32.6 Å². The Labute approximate surface area is 115 Å². The van der Waals surface area contributed by atoms with E-state index < -0.39 is 18.2 Å². The van der Waals surface area contributed by atoms with Crippen molar-refractivity contribution in [3.05, 3.63) is 0 Å². The molecule has 0 saturated carbocycles. The molecule has 0 aliphatic carbocycles. The quantitative estimate of drug-likeness (QED) is 0.636. The number of ether oxygens (including phenoxy) is 3. The van der Waals surface area contributed by atoms with Crippen LogP contribution in [0.25, 0.3) is 0 Å². The first-order valence-electron chi connectivity index (χ1n) is 6.96. The molecule has 0 N–H and O–H groups in total. The molecule has 2 unspecified atom stereocenters. The van der Waals surface area contributed by atoms with Crippen LogP contribution < -0.4 is 0 Å². The van der Waals surface area contributed by atoms with E-state index in [2.05, 4.69) is 0 Å². The molecule has 0 radical (unpaired) electrons. The van der Waals surface area contributed by atoms with Crippen LogP contribution in [0.3, 0.4) is 0 Å². The molecule has 0 aromatic carbocycles. The molecule has 0 rings (SSSR count). The van der Waals surface area contributed by atoms with Gasteiger partial charge in [-0.1, -0.05) is 20.8 Å². The monoisotopic (exact) mass is 274 g/mol. The summed E-state index contributed by atoms with van der Waals surface area (Å²) < 4.78 is 15.0. The molecule has 0 aliphatic rings. The van der Waals surface area contributed by atoms with E-state index in [4.69, 9.17) is 14.2 Å². The van der Waals surface area contributed by atoms with Crippen LogP contribution in [0, 0.1) is 11.8 Å². The van der Waals surface area contributed by atoms with Gasteiger partial charge in [0.2, 0.25) is 0 Å². The topological polar surface area (TPSA) is 61.8 Å². The second-order valence-electron chi connectivity index (χ2n) is 4.74. The first-order chi connectivity index (χ1) is 8.96. The lowest BCUT2D eigenvalue weighted by atomic mass is 9.90. The van der Waals surface area contributed by atoms with E-state index in [1.807, 2.05) is 20.8 Å². The third kappa shape index (κ3) is 7.03. The van der Waals surface area contributed by atoms with E-state index in [1.54, 1.807) is 13.8 Å². The fourth-order valence-corrected chi connectivity index (χ4v) is 1.88. The molecular formula is C14H26O5. The summed E-state index contributed by atoms with van der Waals surface area (Å²) in [5.41, 5.74) is 0. The highest BCUT2D eigenvalue weighted by Crippen LogP contribution is 2.22. The molecule has 19 heavy (non-hydrogen) atoms. The molecular weight excluding hydrogens is 248 g/mol. The molecule has 0 aliphatic heterocycles. The van der Waals surface area contributed by atoms with Crippen LogP contribution in [0.4, 0.5) is 4.79 Å². The van der Waals surface area contributed by atoms with Crippen molar-refractivity contribution in [2.24, 2.45) is 11.8 Å². The maximum Gasteiger partial charge on any atom is 0.508 e. The number of carbonyl (C=O) groups is 2. The summed E-state index contributed by atoms with van der Waals surface area (Å²) in [6.07, 6.45) is -0.0564. The summed E-state index contributed by atoms with van der Waals surface area (Å²) in [7, 11) is 0. The van der Waals surface area contributed by atoms with Gasteiger partial charge in [-0.2, -0.15) is 0 Å². The average Bonchev–Trinajstić information content (AvgIpc) is 2.33. The van der Waals surface area contributed by atoms with Gasteiger partial charge >= 0.3 is 12.1 Å². The third-order valence-corrected chi connectivity index (χ3v) is 2.68. The second-order valence-corrected chi connectivity index (χ2v) is 4.74. The maximum atomic E-state index is 12.0. The van der Waals surface area contributed by atoms with Gasteiger partial charge in [-0.25, -0.2) is 4.79 Å². The second kappa shape index (κ2) is 9.64. The van der Waals surface area contributed by atoms with Gasteiger partial charge in [0.25, 0.3) is 0 Å². The molecule has 2 atom stereocenters. The summed E-state index contributed by atoms with van der Waals surface area (Å²) >= 11 is 0. The Hall–Kier alpha value is -1.26. The highest BCUT2D eigenvalue weighted by Gasteiger charge is 2.32. The van der Waals surface area contributed by atoms with Crippen LogP contribution in [0.5, 0.6) is 0 Å². The molecule has 0 aromatic heterocycles. The van der Waals surface area contributed by atoms with Crippen molar-refractivity contribution in [3.63, 3.8) is 0 Å². The first-order valence-corrected chi connectivity index (χ1v) is 6.96. The Balaban J connectivity index is 4.75. The van der Waals surface area contributed by atoms with Crippen molar-refractivity contribution in [1.82, 2.24) is 0 Å². The standard InChI is InChI=1S/C14H26O5/c1-6-12(19-14(16)18-8-3)11(9-10(4)5)13(15)17-7-2/h10-12H,6-9H2,1-5H3. The highest BCUT2D eigenvalue weighted by molar-refractivity contribution is 5.73. The van der Waals surface area contributed by atoms with Crippen molar-refractivity contribution < 1.29 is 23.8 Å². The minimum atomic E-state index is -0.729. The van der Waals surface area contributed by atoms with Crippen LogP contribution in [0.15, 0.2) is 0 Å². The minimum absolute atomic E-state index is 0.253. The zero-order chi connectivity index (χ0) is 14.8. The lowest BCUT2D eigenvalue weighted by Gasteiger charge is -2.25. The molecule has 5 heteroatoms. The molecule has 0 heterocycles. The zero-order valence-electron chi connectivity index (χ0n) is 12.6. The van der Waals surface area contributed by atoms with E-state index in [-0.39, 0.29) is 12.6 Å². The van der Waals surface area contributed by atoms with E-state index >= 15 is 0 Å². The highest BCUT2D eigenvalue weighted by atomic mass is 16.7. The Morgan fingerprint density at radius 2 is 1.58 bits per heavy atom. The Morgan fingerprint density at radius 1 is 1.00 bits per heavy atom. The number of hydrogen-bond acceptors (Lipinski definition) is 5. The van der Waals surface area contributed by atoms with Gasteiger partial charge in [0.15, 0.2) is 0 Å². The predicted octanol–water partition coefficient (Wildman–Crippen LogP) is 3.16. The van der Waals surface area contributed by atoms with Crippen LogP contribution in [-0.2, 0) is 19.0 Å². The van der Waals surface area contributed by atoms with Crippen molar-refractivity contribution in [2.45, 2.75) is 53.6 Å². The van der Waals surface area contributed by atoms with E-state index in [0.29, 0.717) is 25.4 Å². The molecule has 0 aromatic rings. The first kappa shape index (κ1) is 17.7. The molecule has 0 bridgehead atoms. The maximum absolute atomic E-state index is 12.0. The molecule has 0 spiro atoms. The summed E-state index contributed by atoms with van der Waals surface area (Å²) in [4.78, 5) is 23.4. The van der Waals surface area contributed by atoms with E-state index in [0.717, 1.165) is 0 Å². The van der Waals surface area contributed by atoms with Gasteiger partial charge in [0.1, 0.15) is 6.10 Å². The smallest absolute Gasteiger partial charge is 0.466 e. The number of esters is 1. The SMILES string of the molecule is CCOC(=O)OC(CC)C(CC(C)C)C(=O)OCC. The van der Waals surface area contributed by atoms with E-state index in [9.17, 15) is 9.59 Å². The van der Waals surface area contributed by atoms with E-state index in [1.165, 1.54) is 0 Å². The van der Waals surface area contributed by atoms with Gasteiger partial charge in [-0.15, -0.1) is 0 Å². The third-order valence-electron chi connectivity index (χ3n) is 2.68. The number of rotatable bonds is 8. The van der Waals surface area contributed by atoms with Crippen molar-refractivity contribution in [2.75, 3.05) is 13.2 Å². The molecule has 0 amide bonds. The molecule has 112 valence electrons. The zero-order valence-corrected chi connectivity index (χ0v) is 12.6. The summed E-state index contributed by atoms with van der Waals surface area (Å²) in [5, 5.41) is 0. The molecule has 0 saturated heterocycles. The largest absolute Gasteiger partial charge is 0.508 e. The van der Waals surface area contributed by atoms with Gasteiger partial charge in [-0.3, -0.25) is 4.79 Å². The summed E-state index contributed by atoms with van der Waals surface area (Å²) in [6.45, 7) is 9.95. The van der Waals surface area contributed by atoms with Gasteiger partial charge < -0.3 is 14.2 Å². The fourth-order valence-electron chi connectivity index (χ4n) is 1.88. The summed E-state index contributed by atoms with van der Waals surface area (Å²) in [6, 6.07) is 0. The lowest BCUT2D eigenvalue weighted by molar-refractivity contribution is -0.153. The summed E-state index contributed by atoms with van der Waals surface area (Å²) in [5.74, 6) is -0.434. The Bertz CT molecular complexity index is 275. The van der Waals surface area contributed by atoms with Crippen molar-refractivity contribution in [1.29, 1.82) is 0 Å². The normalized spacial score (nSPS) is 13.8. The lowest BCUT2D eigenvalue weighted by Crippen LogP contribution is -2.34. The van der Waals surface area contributed by atoms with Crippen LogP contribution in [0.1, 0.15) is 47.5 Å². The minimum Gasteiger partial charge on any atom is -0.466 e.